The number of carbonyl (C=O) groups excluding carboxylic acids is 1. The Balaban J connectivity index is 1.93. The molecule has 0 unspecified atom stereocenters. The first-order valence-corrected chi connectivity index (χ1v) is 6.72. The predicted octanol–water partition coefficient (Wildman–Crippen LogP) is 2.91. The van der Waals surface area contributed by atoms with E-state index in [4.69, 9.17) is 0 Å². The van der Waals surface area contributed by atoms with Crippen LogP contribution in [0.2, 0.25) is 0 Å². The third-order valence-electron chi connectivity index (χ3n) is 3.24. The summed E-state index contributed by atoms with van der Waals surface area (Å²) in [5, 5.41) is 0. The molecule has 0 aromatic heterocycles. The van der Waals surface area contributed by atoms with E-state index in [0.717, 1.165) is 6.42 Å². The monoisotopic (exact) mass is 226 g/mol. The van der Waals surface area contributed by atoms with Crippen molar-refractivity contribution < 1.29 is 4.79 Å². The van der Waals surface area contributed by atoms with Crippen LogP contribution in [0.15, 0.2) is 0 Å². The molecule has 0 aliphatic carbocycles. The van der Waals surface area contributed by atoms with Gasteiger partial charge in [-0.3, -0.25) is 4.79 Å². The molecule has 0 bridgehead atoms. The number of hydrogen-bond donors (Lipinski definition) is 2. The minimum atomic E-state index is -0.0325. The van der Waals surface area contributed by atoms with Crippen LogP contribution in [0, 0.1) is 0 Å². The maximum atomic E-state index is 11.0. The van der Waals surface area contributed by atoms with Crippen LogP contribution < -0.4 is 10.9 Å². The Morgan fingerprint density at radius 1 is 1.00 bits per heavy atom. The first-order chi connectivity index (χ1) is 7.68. The van der Waals surface area contributed by atoms with Crippen LogP contribution >= 0.6 is 0 Å². The molecule has 0 spiro atoms. The molecule has 0 amide bonds. The van der Waals surface area contributed by atoms with Crippen LogP contribution in [0.1, 0.15) is 71.6 Å². The highest BCUT2D eigenvalue weighted by Gasteiger charge is 2.41. The molecule has 2 N–H and O–H groups in total. The molecule has 1 aliphatic rings. The molecule has 3 heteroatoms. The number of hydrazine groups is 1. The number of Topliss-reactive ketones (excluding diaryl/α,β-unsaturated/α-hetero) is 1. The highest BCUT2D eigenvalue weighted by molar-refractivity contribution is 5.77. The van der Waals surface area contributed by atoms with Gasteiger partial charge in [0.25, 0.3) is 0 Å². The minimum absolute atomic E-state index is 0.0325. The zero-order chi connectivity index (χ0) is 11.9. The lowest BCUT2D eigenvalue weighted by Crippen LogP contribution is -2.21. The lowest BCUT2D eigenvalue weighted by molar-refractivity contribution is -0.117. The molecule has 16 heavy (non-hydrogen) atoms. The van der Waals surface area contributed by atoms with Gasteiger partial charge in [0, 0.05) is 6.42 Å². The number of rotatable bonds is 10. The van der Waals surface area contributed by atoms with Crippen molar-refractivity contribution in [3.05, 3.63) is 0 Å². The molecular weight excluding hydrogens is 200 g/mol. The van der Waals surface area contributed by atoms with E-state index >= 15 is 0 Å². The first-order valence-electron chi connectivity index (χ1n) is 6.72. The molecule has 0 aromatic carbocycles. The summed E-state index contributed by atoms with van der Waals surface area (Å²) < 4.78 is 0. The van der Waals surface area contributed by atoms with Crippen LogP contribution in [0.3, 0.4) is 0 Å². The van der Waals surface area contributed by atoms with Crippen molar-refractivity contribution in [2.45, 2.75) is 77.3 Å². The molecule has 94 valence electrons. The van der Waals surface area contributed by atoms with Gasteiger partial charge in [-0.1, -0.05) is 51.9 Å². The Morgan fingerprint density at radius 2 is 1.56 bits per heavy atom. The molecular formula is C13H26N2O. The van der Waals surface area contributed by atoms with Gasteiger partial charge in [0.05, 0.1) is 0 Å². The van der Waals surface area contributed by atoms with E-state index in [0.29, 0.717) is 6.42 Å². The van der Waals surface area contributed by atoms with Crippen molar-refractivity contribution >= 4 is 5.78 Å². The molecule has 0 atom stereocenters. The number of nitrogens with one attached hydrogen (secondary N) is 2. The van der Waals surface area contributed by atoms with Crippen molar-refractivity contribution in [2.24, 2.45) is 0 Å². The topological polar surface area (TPSA) is 61.0 Å². The lowest BCUT2D eigenvalue weighted by atomic mass is 10.00. The molecule has 1 aliphatic heterocycles. The van der Waals surface area contributed by atoms with Gasteiger partial charge in [-0.2, -0.15) is 0 Å². The molecule has 1 saturated heterocycles. The fourth-order valence-electron chi connectivity index (χ4n) is 2.20. The van der Waals surface area contributed by atoms with E-state index in [-0.39, 0.29) is 11.4 Å². The van der Waals surface area contributed by atoms with Crippen molar-refractivity contribution in [1.82, 2.24) is 10.9 Å². The van der Waals surface area contributed by atoms with Crippen molar-refractivity contribution in [1.29, 1.82) is 0 Å². The summed E-state index contributed by atoms with van der Waals surface area (Å²) in [7, 11) is 0. The van der Waals surface area contributed by atoms with E-state index < -0.39 is 0 Å². The lowest BCUT2D eigenvalue weighted by Gasteiger charge is -2.09. The quantitative estimate of drug-likeness (QED) is 0.445. The number of hydrogen-bond acceptors (Lipinski definition) is 3. The summed E-state index contributed by atoms with van der Waals surface area (Å²) in [4.78, 5) is 11.0. The zero-order valence-electron chi connectivity index (χ0n) is 10.8. The molecule has 1 rings (SSSR count). The second-order valence-electron chi connectivity index (χ2n) is 5.08. The summed E-state index contributed by atoms with van der Waals surface area (Å²) in [6, 6.07) is 0. The van der Waals surface area contributed by atoms with Crippen LogP contribution in [-0.2, 0) is 4.79 Å². The van der Waals surface area contributed by atoms with Crippen LogP contribution in [0.4, 0.5) is 0 Å². The summed E-state index contributed by atoms with van der Waals surface area (Å²) in [6.45, 7) is 3.91. The zero-order valence-corrected chi connectivity index (χ0v) is 10.8. The van der Waals surface area contributed by atoms with Crippen LogP contribution in [0.5, 0.6) is 0 Å². The molecule has 1 fully saturated rings. The molecule has 0 saturated carbocycles. The van der Waals surface area contributed by atoms with Gasteiger partial charge in [0.1, 0.15) is 11.4 Å². The summed E-state index contributed by atoms with van der Waals surface area (Å²) in [5.41, 5.74) is 6.21. The molecule has 3 nitrogen and oxygen atoms in total. The van der Waals surface area contributed by atoms with Crippen LogP contribution in [-0.4, -0.2) is 11.4 Å². The number of carbonyl (C=O) groups is 1. The van der Waals surface area contributed by atoms with Gasteiger partial charge >= 0.3 is 0 Å². The summed E-state index contributed by atoms with van der Waals surface area (Å²) in [5.74, 6) is 0.264. The Labute approximate surface area is 99.3 Å². The van der Waals surface area contributed by atoms with Crippen LogP contribution in [0.25, 0.3) is 0 Å². The standard InChI is InChI=1S/C13H26N2O/c1-3-4-5-6-7-8-9-10-13(14-15-13)11-12(2)16/h14-15H,3-11H2,1-2H3. The predicted molar refractivity (Wildman–Crippen MR) is 66.9 cm³/mol. The van der Waals surface area contributed by atoms with Gasteiger partial charge in [-0.05, 0) is 13.3 Å². The molecule has 1 heterocycles. The molecule has 0 aromatic rings. The molecule has 0 radical (unpaired) electrons. The number of unbranched alkanes of at least 4 members (excludes halogenated alkanes) is 6. The average Bonchev–Trinajstić information content (AvgIpc) is 2.96. The Hall–Kier alpha value is -0.410. The summed E-state index contributed by atoms with van der Waals surface area (Å²) in [6.07, 6.45) is 11.0. The summed E-state index contributed by atoms with van der Waals surface area (Å²) >= 11 is 0. The Morgan fingerprint density at radius 3 is 2.06 bits per heavy atom. The SMILES string of the molecule is CCCCCCCCCC1(CC(C)=O)NN1. The largest absolute Gasteiger partial charge is 0.300 e. The van der Waals surface area contributed by atoms with Gasteiger partial charge in [0.2, 0.25) is 0 Å². The fourth-order valence-corrected chi connectivity index (χ4v) is 2.20. The maximum Gasteiger partial charge on any atom is 0.133 e. The number of ketones is 1. The first kappa shape index (κ1) is 13.7. The second-order valence-corrected chi connectivity index (χ2v) is 5.08. The van der Waals surface area contributed by atoms with E-state index in [1.54, 1.807) is 6.92 Å². The van der Waals surface area contributed by atoms with Crippen molar-refractivity contribution in [3.63, 3.8) is 0 Å². The Bertz CT molecular complexity index is 212. The van der Waals surface area contributed by atoms with Gasteiger partial charge in [0.15, 0.2) is 0 Å². The van der Waals surface area contributed by atoms with E-state index in [1.165, 1.54) is 44.9 Å². The third kappa shape index (κ3) is 5.61. The maximum absolute atomic E-state index is 11.0. The normalized spacial score (nSPS) is 17.4. The van der Waals surface area contributed by atoms with Crippen molar-refractivity contribution in [3.8, 4) is 0 Å². The fraction of sp³-hybridized carbons (Fsp3) is 0.923. The minimum Gasteiger partial charge on any atom is -0.300 e. The van der Waals surface area contributed by atoms with Gasteiger partial charge in [-0.25, -0.2) is 10.9 Å². The van der Waals surface area contributed by atoms with Gasteiger partial charge in [-0.15, -0.1) is 0 Å². The smallest absolute Gasteiger partial charge is 0.133 e. The third-order valence-corrected chi connectivity index (χ3v) is 3.24. The van der Waals surface area contributed by atoms with Crippen molar-refractivity contribution in [2.75, 3.05) is 0 Å². The van der Waals surface area contributed by atoms with Gasteiger partial charge < -0.3 is 0 Å². The van der Waals surface area contributed by atoms with E-state index in [9.17, 15) is 4.79 Å². The highest BCUT2D eigenvalue weighted by atomic mass is 16.1. The van der Waals surface area contributed by atoms with E-state index in [1.807, 2.05) is 0 Å². The average molecular weight is 226 g/mol. The second kappa shape index (κ2) is 7.02. The Kier molecular flexibility index (Phi) is 5.99. The highest BCUT2D eigenvalue weighted by Crippen LogP contribution is 2.23. The van der Waals surface area contributed by atoms with E-state index in [2.05, 4.69) is 17.8 Å².